The van der Waals surface area contributed by atoms with E-state index in [1.165, 1.54) is 5.56 Å². The number of hydrogen-bond donors (Lipinski definition) is 1. The molecule has 2 nitrogen and oxygen atoms in total. The molecule has 0 saturated heterocycles. The molecule has 1 aliphatic rings. The Bertz CT molecular complexity index is 356. The van der Waals surface area contributed by atoms with Gasteiger partial charge in [0.2, 0.25) is 0 Å². The van der Waals surface area contributed by atoms with Crippen molar-refractivity contribution in [3.8, 4) is 5.75 Å². The van der Waals surface area contributed by atoms with Crippen LogP contribution in [-0.2, 0) is 0 Å². The van der Waals surface area contributed by atoms with Crippen LogP contribution >= 0.6 is 0 Å². The lowest BCUT2D eigenvalue weighted by Crippen LogP contribution is -2.29. The molecule has 1 aromatic rings. The number of para-hydroxylation sites is 1. The maximum Gasteiger partial charge on any atom is 0.122 e. The smallest absolute Gasteiger partial charge is 0.122 e. The van der Waals surface area contributed by atoms with Gasteiger partial charge in [-0.2, -0.15) is 0 Å². The Morgan fingerprint density at radius 1 is 1.31 bits per heavy atom. The summed E-state index contributed by atoms with van der Waals surface area (Å²) in [6.07, 6.45) is 2.42. The van der Waals surface area contributed by atoms with Crippen LogP contribution in [0.4, 0.5) is 0 Å². The first-order chi connectivity index (χ1) is 7.68. The maximum atomic E-state index is 10.4. The highest BCUT2D eigenvalue weighted by Crippen LogP contribution is 2.39. The summed E-state index contributed by atoms with van der Waals surface area (Å²) in [5, 5.41) is 10.4. The zero-order valence-electron chi connectivity index (χ0n) is 10.1. The van der Waals surface area contributed by atoms with Gasteiger partial charge in [-0.05, 0) is 25.3 Å². The number of benzene rings is 1. The predicted octanol–water partition coefficient (Wildman–Crippen LogP) is 3.10. The van der Waals surface area contributed by atoms with Crippen molar-refractivity contribution < 1.29 is 9.84 Å². The molecule has 88 valence electrons. The minimum absolute atomic E-state index is 0.348. The fourth-order valence-electron chi connectivity index (χ4n) is 2.40. The second kappa shape index (κ2) is 4.46. The average Bonchev–Trinajstić information content (AvgIpc) is 2.73. The molecule has 0 saturated carbocycles. The number of ether oxygens (including phenoxy) is 1. The van der Waals surface area contributed by atoms with Crippen LogP contribution in [0, 0.1) is 0 Å². The van der Waals surface area contributed by atoms with E-state index in [9.17, 15) is 5.11 Å². The summed E-state index contributed by atoms with van der Waals surface area (Å²) in [5.41, 5.74) is 0.716. The maximum absolute atomic E-state index is 10.4. The number of aliphatic hydroxyl groups is 1. The summed E-state index contributed by atoms with van der Waals surface area (Å²) in [7, 11) is 0. The first kappa shape index (κ1) is 11.5. The van der Waals surface area contributed by atoms with E-state index in [0.29, 0.717) is 12.5 Å². The fraction of sp³-hybridized carbons (Fsp3) is 0.571. The van der Waals surface area contributed by atoms with Gasteiger partial charge in [-0.1, -0.05) is 32.0 Å². The zero-order valence-corrected chi connectivity index (χ0v) is 10.1. The van der Waals surface area contributed by atoms with Gasteiger partial charge in [0.1, 0.15) is 5.75 Å². The summed E-state index contributed by atoms with van der Waals surface area (Å²) >= 11 is 0. The lowest BCUT2D eigenvalue weighted by Gasteiger charge is -2.27. The highest BCUT2D eigenvalue weighted by Gasteiger charge is 2.32. The highest BCUT2D eigenvalue weighted by molar-refractivity contribution is 5.39. The van der Waals surface area contributed by atoms with Crippen LogP contribution in [0.1, 0.15) is 44.6 Å². The van der Waals surface area contributed by atoms with Crippen LogP contribution in [0.25, 0.3) is 0 Å². The van der Waals surface area contributed by atoms with Crippen LogP contribution in [-0.4, -0.2) is 17.3 Å². The van der Waals surface area contributed by atoms with E-state index >= 15 is 0 Å². The molecule has 1 heterocycles. The fourth-order valence-corrected chi connectivity index (χ4v) is 2.40. The lowest BCUT2D eigenvalue weighted by atomic mass is 9.84. The predicted molar refractivity (Wildman–Crippen MR) is 64.8 cm³/mol. The van der Waals surface area contributed by atoms with Crippen molar-refractivity contribution in [1.29, 1.82) is 0 Å². The molecule has 2 heteroatoms. The second-order valence-corrected chi connectivity index (χ2v) is 4.68. The molecule has 0 bridgehead atoms. The Morgan fingerprint density at radius 2 is 2.00 bits per heavy atom. The van der Waals surface area contributed by atoms with Gasteiger partial charge in [0, 0.05) is 11.5 Å². The number of hydrogen-bond acceptors (Lipinski definition) is 2. The standard InChI is InChI=1S/C14H20O2/c1-3-14(15,4-2)9-11-10-16-13-8-6-5-7-12(11)13/h5-8,11,15H,3-4,9-10H2,1-2H3. The van der Waals surface area contributed by atoms with Gasteiger partial charge in [0.05, 0.1) is 12.2 Å². The molecule has 0 spiro atoms. The van der Waals surface area contributed by atoms with Gasteiger partial charge in [0.15, 0.2) is 0 Å². The van der Waals surface area contributed by atoms with Crippen LogP contribution in [0.2, 0.25) is 0 Å². The first-order valence-corrected chi connectivity index (χ1v) is 6.12. The largest absolute Gasteiger partial charge is 0.493 e. The van der Waals surface area contributed by atoms with Crippen LogP contribution in [0.3, 0.4) is 0 Å². The molecular formula is C14H20O2. The lowest BCUT2D eigenvalue weighted by molar-refractivity contribution is 0.0149. The van der Waals surface area contributed by atoms with Crippen molar-refractivity contribution in [1.82, 2.24) is 0 Å². The SMILES string of the molecule is CCC(O)(CC)CC1COc2ccccc21. The van der Waals surface area contributed by atoms with Gasteiger partial charge in [0.25, 0.3) is 0 Å². The first-order valence-electron chi connectivity index (χ1n) is 6.12. The summed E-state index contributed by atoms with van der Waals surface area (Å²) in [6, 6.07) is 8.15. The van der Waals surface area contributed by atoms with Gasteiger partial charge >= 0.3 is 0 Å². The third-order valence-electron chi connectivity index (χ3n) is 3.74. The summed E-state index contributed by atoms with van der Waals surface area (Å²) in [5.74, 6) is 1.34. The van der Waals surface area contributed by atoms with Crippen LogP contribution in [0.15, 0.2) is 24.3 Å². The molecule has 0 amide bonds. The molecule has 0 fully saturated rings. The minimum Gasteiger partial charge on any atom is -0.493 e. The van der Waals surface area contributed by atoms with Crippen LogP contribution < -0.4 is 4.74 Å². The highest BCUT2D eigenvalue weighted by atomic mass is 16.5. The average molecular weight is 220 g/mol. The Labute approximate surface area is 97.3 Å². The molecule has 1 aliphatic heterocycles. The number of rotatable bonds is 4. The van der Waals surface area contributed by atoms with Gasteiger partial charge in [-0.15, -0.1) is 0 Å². The van der Waals surface area contributed by atoms with Crippen molar-refractivity contribution in [2.75, 3.05) is 6.61 Å². The normalized spacial score (nSPS) is 19.3. The molecule has 2 rings (SSSR count). The molecule has 16 heavy (non-hydrogen) atoms. The Kier molecular flexibility index (Phi) is 3.20. The quantitative estimate of drug-likeness (QED) is 0.844. The van der Waals surface area contributed by atoms with Gasteiger partial charge in [-0.25, -0.2) is 0 Å². The zero-order chi connectivity index (χ0) is 11.6. The van der Waals surface area contributed by atoms with E-state index < -0.39 is 5.60 Å². The molecule has 1 N–H and O–H groups in total. The second-order valence-electron chi connectivity index (χ2n) is 4.68. The summed E-state index contributed by atoms with van der Waals surface area (Å²) in [6.45, 7) is 4.80. The van der Waals surface area contributed by atoms with Gasteiger partial charge in [-0.3, -0.25) is 0 Å². The molecule has 0 aromatic heterocycles. The van der Waals surface area contributed by atoms with Crippen LogP contribution in [0.5, 0.6) is 5.75 Å². The van der Waals surface area contributed by atoms with Gasteiger partial charge < -0.3 is 9.84 Å². The summed E-state index contributed by atoms with van der Waals surface area (Å²) in [4.78, 5) is 0. The van der Waals surface area contributed by atoms with Crippen molar-refractivity contribution in [2.24, 2.45) is 0 Å². The van der Waals surface area contributed by atoms with Crippen molar-refractivity contribution in [2.45, 2.75) is 44.6 Å². The number of fused-ring (bicyclic) bond motifs is 1. The molecule has 0 radical (unpaired) electrons. The molecule has 1 unspecified atom stereocenters. The third-order valence-corrected chi connectivity index (χ3v) is 3.74. The van der Waals surface area contributed by atoms with Crippen molar-refractivity contribution >= 4 is 0 Å². The summed E-state index contributed by atoms with van der Waals surface area (Å²) < 4.78 is 5.63. The third kappa shape index (κ3) is 2.07. The van der Waals surface area contributed by atoms with Crippen molar-refractivity contribution in [3.63, 3.8) is 0 Å². The van der Waals surface area contributed by atoms with Crippen molar-refractivity contribution in [3.05, 3.63) is 29.8 Å². The minimum atomic E-state index is -0.536. The van der Waals surface area contributed by atoms with E-state index in [1.807, 2.05) is 32.0 Å². The Balaban J connectivity index is 2.14. The Hall–Kier alpha value is -1.02. The Morgan fingerprint density at radius 3 is 2.69 bits per heavy atom. The van der Waals surface area contributed by atoms with E-state index in [2.05, 4.69) is 6.07 Å². The van der Waals surface area contributed by atoms with E-state index in [-0.39, 0.29) is 0 Å². The monoisotopic (exact) mass is 220 g/mol. The molecule has 1 atom stereocenters. The van der Waals surface area contributed by atoms with E-state index in [0.717, 1.165) is 25.0 Å². The molecular weight excluding hydrogens is 200 g/mol. The topological polar surface area (TPSA) is 29.5 Å². The molecule has 1 aromatic carbocycles. The molecule has 0 aliphatic carbocycles. The van der Waals surface area contributed by atoms with E-state index in [1.54, 1.807) is 0 Å². The van der Waals surface area contributed by atoms with E-state index in [4.69, 9.17) is 4.74 Å².